The normalized spacial score (nSPS) is 12.7. The maximum absolute atomic E-state index is 13.0. The lowest BCUT2D eigenvalue weighted by molar-refractivity contribution is 0.0956. The Morgan fingerprint density at radius 1 is 1.26 bits per heavy atom. The van der Waals surface area contributed by atoms with E-state index in [2.05, 4.69) is 9.97 Å². The molecule has 4 rings (SSSR count). The van der Waals surface area contributed by atoms with Crippen molar-refractivity contribution in [2.75, 3.05) is 12.3 Å². The number of aryl methyl sites for hydroxylation is 1. The van der Waals surface area contributed by atoms with Crippen LogP contribution < -0.4 is 11.3 Å². The van der Waals surface area contributed by atoms with Crippen molar-refractivity contribution >= 4 is 37.5 Å². The van der Waals surface area contributed by atoms with Gasteiger partial charge in [0.2, 0.25) is 0 Å². The Hall–Kier alpha value is -2.81. The Bertz CT molecular complexity index is 1200. The number of nitrogens with two attached hydrogens (primary N) is 1. The molecule has 4 N–H and O–H groups in total. The predicted octanol–water partition coefficient (Wildman–Crippen LogP) is 1.78. The molecule has 0 bridgehead atoms. The number of anilines is 1. The molecule has 3 aromatic heterocycles. The van der Waals surface area contributed by atoms with Crippen LogP contribution >= 0.6 is 11.3 Å². The lowest BCUT2D eigenvalue weighted by Crippen LogP contribution is -2.17. The number of nitrogens with zero attached hydrogens (tertiary/aromatic N) is 3. The molecular weight excluding hydrogens is 364 g/mol. The van der Waals surface area contributed by atoms with Gasteiger partial charge in [0.15, 0.2) is 0 Å². The number of fused-ring (bicyclic) bond motifs is 3. The fourth-order valence-electron chi connectivity index (χ4n) is 3.03. The lowest BCUT2D eigenvalue weighted by Gasteiger charge is -2.10. The standard InChI is InChI=1S/C19H18N4O3S/c1-10-2-4-12(5-3-10)23-9-22-16-14-15(20)11(6-13(25)8-24)7-21-18(14)27-17(16)19(23)26/h2-5,7,9,13,24-25H,6,8H2,1H3,(H2,20,21). The molecule has 3 heterocycles. The van der Waals surface area contributed by atoms with Crippen LogP contribution in [0.1, 0.15) is 11.1 Å². The molecule has 0 aliphatic carbocycles. The number of thiophene rings is 1. The summed E-state index contributed by atoms with van der Waals surface area (Å²) < 4.78 is 1.98. The molecule has 8 heteroatoms. The van der Waals surface area contributed by atoms with Crippen molar-refractivity contribution in [2.45, 2.75) is 19.4 Å². The summed E-state index contributed by atoms with van der Waals surface area (Å²) in [5.74, 6) is 0. The Kier molecular flexibility index (Phi) is 4.39. The number of aliphatic hydroxyl groups excluding tert-OH is 2. The summed E-state index contributed by atoms with van der Waals surface area (Å²) in [5.41, 5.74) is 9.50. The molecule has 4 aromatic rings. The first-order valence-electron chi connectivity index (χ1n) is 8.42. The zero-order valence-electron chi connectivity index (χ0n) is 14.6. The third kappa shape index (κ3) is 2.97. The molecule has 0 aliphatic rings. The van der Waals surface area contributed by atoms with Crippen molar-refractivity contribution in [3.8, 4) is 5.69 Å². The molecule has 0 amide bonds. The number of hydrogen-bond donors (Lipinski definition) is 3. The highest BCUT2D eigenvalue weighted by molar-refractivity contribution is 7.25. The van der Waals surface area contributed by atoms with Crippen molar-refractivity contribution in [1.29, 1.82) is 0 Å². The van der Waals surface area contributed by atoms with Gasteiger partial charge in [0.25, 0.3) is 5.56 Å². The second kappa shape index (κ2) is 6.73. The van der Waals surface area contributed by atoms with Crippen LogP contribution in [0.2, 0.25) is 0 Å². The largest absolute Gasteiger partial charge is 0.398 e. The van der Waals surface area contributed by atoms with E-state index < -0.39 is 6.10 Å². The van der Waals surface area contributed by atoms with Gasteiger partial charge in [-0.05, 0) is 24.6 Å². The Morgan fingerprint density at radius 3 is 2.70 bits per heavy atom. The number of aliphatic hydroxyl groups is 2. The summed E-state index contributed by atoms with van der Waals surface area (Å²) in [6.07, 6.45) is 2.34. The average molecular weight is 382 g/mol. The molecule has 1 atom stereocenters. The van der Waals surface area contributed by atoms with Crippen molar-refractivity contribution in [1.82, 2.24) is 14.5 Å². The number of pyridine rings is 1. The molecule has 1 aromatic carbocycles. The van der Waals surface area contributed by atoms with Gasteiger partial charge in [-0.25, -0.2) is 9.97 Å². The molecule has 27 heavy (non-hydrogen) atoms. The highest BCUT2D eigenvalue weighted by Crippen LogP contribution is 2.35. The molecule has 0 aliphatic heterocycles. The summed E-state index contributed by atoms with van der Waals surface area (Å²) in [7, 11) is 0. The second-order valence-electron chi connectivity index (χ2n) is 6.45. The van der Waals surface area contributed by atoms with E-state index in [0.717, 1.165) is 11.3 Å². The molecule has 0 saturated carbocycles. The number of benzene rings is 1. The fraction of sp³-hybridized carbons (Fsp3) is 0.211. The van der Waals surface area contributed by atoms with Crippen LogP contribution in [0, 0.1) is 6.92 Å². The van der Waals surface area contributed by atoms with Crippen LogP contribution in [0.3, 0.4) is 0 Å². The third-order valence-electron chi connectivity index (χ3n) is 4.51. The zero-order chi connectivity index (χ0) is 19.1. The monoisotopic (exact) mass is 382 g/mol. The van der Waals surface area contributed by atoms with Crippen molar-refractivity contribution in [3.63, 3.8) is 0 Å². The van der Waals surface area contributed by atoms with Gasteiger partial charge in [0.05, 0.1) is 29.3 Å². The van der Waals surface area contributed by atoms with Crippen LogP contribution in [0.15, 0.2) is 41.6 Å². The van der Waals surface area contributed by atoms with Gasteiger partial charge < -0.3 is 15.9 Å². The first-order valence-corrected chi connectivity index (χ1v) is 9.24. The van der Waals surface area contributed by atoms with Crippen LogP contribution in [-0.2, 0) is 6.42 Å². The quantitative estimate of drug-likeness (QED) is 0.496. The van der Waals surface area contributed by atoms with Gasteiger partial charge >= 0.3 is 0 Å². The van der Waals surface area contributed by atoms with Gasteiger partial charge in [-0.2, -0.15) is 0 Å². The van der Waals surface area contributed by atoms with E-state index in [1.807, 2.05) is 31.2 Å². The highest BCUT2D eigenvalue weighted by atomic mass is 32.1. The van der Waals surface area contributed by atoms with Gasteiger partial charge in [0, 0.05) is 18.3 Å². The van der Waals surface area contributed by atoms with Gasteiger partial charge in [-0.1, -0.05) is 17.7 Å². The predicted molar refractivity (Wildman–Crippen MR) is 106 cm³/mol. The van der Waals surface area contributed by atoms with Gasteiger partial charge in [-0.3, -0.25) is 9.36 Å². The summed E-state index contributed by atoms with van der Waals surface area (Å²) in [6.45, 7) is 1.63. The van der Waals surface area contributed by atoms with Crippen LogP contribution in [0.25, 0.3) is 26.1 Å². The average Bonchev–Trinajstić information content (AvgIpc) is 3.05. The van der Waals surface area contributed by atoms with Crippen LogP contribution in [0.5, 0.6) is 0 Å². The fourth-order valence-corrected chi connectivity index (χ4v) is 4.07. The minimum Gasteiger partial charge on any atom is -0.398 e. The van der Waals surface area contributed by atoms with E-state index in [0.29, 0.717) is 31.7 Å². The minimum absolute atomic E-state index is 0.178. The van der Waals surface area contributed by atoms with Crippen LogP contribution in [0.4, 0.5) is 5.69 Å². The first-order chi connectivity index (χ1) is 13.0. The molecule has 0 radical (unpaired) electrons. The lowest BCUT2D eigenvalue weighted by atomic mass is 10.1. The van der Waals surface area contributed by atoms with Crippen molar-refractivity contribution < 1.29 is 10.2 Å². The van der Waals surface area contributed by atoms with E-state index in [1.165, 1.54) is 22.2 Å². The summed E-state index contributed by atoms with van der Waals surface area (Å²) in [4.78, 5) is 22.5. The smallest absolute Gasteiger partial charge is 0.275 e. The highest BCUT2D eigenvalue weighted by Gasteiger charge is 2.18. The number of hydrogen-bond acceptors (Lipinski definition) is 7. The Labute approximate surface area is 158 Å². The Balaban J connectivity index is 1.92. The third-order valence-corrected chi connectivity index (χ3v) is 5.59. The minimum atomic E-state index is -0.914. The topological polar surface area (TPSA) is 114 Å². The summed E-state index contributed by atoms with van der Waals surface area (Å²) in [5, 5.41) is 19.4. The molecule has 0 saturated heterocycles. The molecule has 7 nitrogen and oxygen atoms in total. The van der Waals surface area contributed by atoms with Crippen molar-refractivity contribution in [2.24, 2.45) is 0 Å². The first kappa shape index (κ1) is 17.6. The molecule has 0 fully saturated rings. The van der Waals surface area contributed by atoms with Crippen molar-refractivity contribution in [3.05, 3.63) is 58.3 Å². The van der Waals surface area contributed by atoms with Crippen LogP contribution in [-0.4, -0.2) is 37.5 Å². The zero-order valence-corrected chi connectivity index (χ0v) is 15.4. The number of nitrogen functional groups attached to an aromatic ring is 1. The van der Waals surface area contributed by atoms with E-state index in [1.54, 1.807) is 6.20 Å². The summed E-state index contributed by atoms with van der Waals surface area (Å²) in [6, 6.07) is 7.63. The molecule has 138 valence electrons. The number of aromatic nitrogens is 3. The summed E-state index contributed by atoms with van der Waals surface area (Å²) >= 11 is 1.25. The van der Waals surface area contributed by atoms with Gasteiger partial charge in [0.1, 0.15) is 15.9 Å². The van der Waals surface area contributed by atoms with E-state index in [-0.39, 0.29) is 18.6 Å². The van der Waals surface area contributed by atoms with Gasteiger partial charge in [-0.15, -0.1) is 11.3 Å². The van der Waals surface area contributed by atoms with E-state index in [9.17, 15) is 9.90 Å². The Morgan fingerprint density at radius 2 is 2.00 bits per heavy atom. The second-order valence-corrected chi connectivity index (χ2v) is 7.45. The SMILES string of the molecule is Cc1ccc(-n2cnc3c(sc4ncc(CC(O)CO)c(N)c43)c2=O)cc1. The van der Waals surface area contributed by atoms with E-state index in [4.69, 9.17) is 10.8 Å². The van der Waals surface area contributed by atoms with E-state index >= 15 is 0 Å². The molecule has 0 spiro atoms. The maximum atomic E-state index is 13.0. The molecular formula is C19H18N4O3S. The molecule has 1 unspecified atom stereocenters. The number of rotatable bonds is 4. The maximum Gasteiger partial charge on any atom is 0.275 e.